The molecule has 2 heterocycles. The minimum atomic E-state index is -0.169. The quantitative estimate of drug-likeness (QED) is 0.613. The molecule has 2 N–H and O–H groups in total. The van der Waals surface area contributed by atoms with Gasteiger partial charge in [0.2, 0.25) is 0 Å². The van der Waals surface area contributed by atoms with Crippen molar-refractivity contribution in [2.45, 2.75) is 13.0 Å². The highest BCUT2D eigenvalue weighted by atomic mass is 127. The van der Waals surface area contributed by atoms with Gasteiger partial charge in [0.15, 0.2) is 0 Å². The maximum atomic E-state index is 12.3. The highest BCUT2D eigenvalue weighted by molar-refractivity contribution is 14.1. The van der Waals surface area contributed by atoms with E-state index >= 15 is 0 Å². The lowest BCUT2D eigenvalue weighted by atomic mass is 10.1. The van der Waals surface area contributed by atoms with Gasteiger partial charge in [-0.15, -0.1) is 0 Å². The van der Waals surface area contributed by atoms with Crippen molar-refractivity contribution in [3.63, 3.8) is 0 Å². The predicted molar refractivity (Wildman–Crippen MR) is 98.6 cm³/mol. The van der Waals surface area contributed by atoms with E-state index in [1.807, 2.05) is 37.3 Å². The topological polar surface area (TPSA) is 57.8 Å². The Morgan fingerprint density at radius 2 is 2.09 bits per heavy atom. The van der Waals surface area contributed by atoms with Gasteiger partial charge in [-0.3, -0.25) is 4.79 Å². The van der Waals surface area contributed by atoms with E-state index < -0.39 is 0 Å². The standard InChI is InChI=1S/C16H13ClIN3O/c1-9(20-15-8-12(18)4-5-19-15)13-7-10-6-11(17)2-3-14(10)21-16(13)22/h2-9H,1H3,(H,19,20)(H,21,22)/t9-/m0/s1. The summed E-state index contributed by atoms with van der Waals surface area (Å²) in [6.07, 6.45) is 1.74. The lowest BCUT2D eigenvalue weighted by molar-refractivity contribution is 0.857. The van der Waals surface area contributed by atoms with Crippen molar-refractivity contribution in [3.05, 3.63) is 67.1 Å². The molecule has 6 heteroatoms. The number of aromatic nitrogens is 2. The second kappa shape index (κ2) is 6.26. The number of nitrogens with zero attached hydrogens (tertiary/aromatic N) is 1. The summed E-state index contributed by atoms with van der Waals surface area (Å²) in [4.78, 5) is 19.4. The van der Waals surface area contributed by atoms with Gasteiger partial charge < -0.3 is 10.3 Å². The van der Waals surface area contributed by atoms with E-state index in [1.165, 1.54) is 0 Å². The third-order valence-corrected chi connectivity index (χ3v) is 4.29. The number of aromatic amines is 1. The second-order valence-electron chi connectivity index (χ2n) is 5.01. The molecule has 0 aliphatic carbocycles. The van der Waals surface area contributed by atoms with Crippen molar-refractivity contribution in [2.24, 2.45) is 0 Å². The van der Waals surface area contributed by atoms with Gasteiger partial charge in [0, 0.05) is 31.3 Å². The minimum Gasteiger partial charge on any atom is -0.363 e. The fourth-order valence-electron chi connectivity index (χ4n) is 2.30. The van der Waals surface area contributed by atoms with E-state index in [-0.39, 0.29) is 11.6 Å². The number of benzene rings is 1. The van der Waals surface area contributed by atoms with Crippen molar-refractivity contribution in [3.8, 4) is 0 Å². The summed E-state index contributed by atoms with van der Waals surface area (Å²) in [6, 6.07) is 11.0. The molecule has 0 fully saturated rings. The van der Waals surface area contributed by atoms with Gasteiger partial charge in [0.05, 0.1) is 6.04 Å². The zero-order valence-electron chi connectivity index (χ0n) is 11.7. The Morgan fingerprint density at radius 1 is 1.27 bits per heavy atom. The fraction of sp³-hybridized carbons (Fsp3) is 0.125. The SMILES string of the molecule is C[C@H](Nc1cc(I)ccn1)c1cc2cc(Cl)ccc2[nH]c1=O. The van der Waals surface area contributed by atoms with Crippen LogP contribution in [0.25, 0.3) is 10.9 Å². The van der Waals surface area contributed by atoms with Crippen molar-refractivity contribution in [2.75, 3.05) is 5.32 Å². The lowest BCUT2D eigenvalue weighted by Gasteiger charge is -2.15. The molecule has 4 nitrogen and oxygen atoms in total. The zero-order valence-corrected chi connectivity index (χ0v) is 14.6. The number of hydrogen-bond donors (Lipinski definition) is 2. The molecule has 0 radical (unpaired) electrons. The first-order chi connectivity index (χ1) is 10.5. The van der Waals surface area contributed by atoms with Gasteiger partial charge in [-0.25, -0.2) is 4.98 Å². The zero-order chi connectivity index (χ0) is 15.7. The van der Waals surface area contributed by atoms with E-state index in [4.69, 9.17) is 11.6 Å². The number of pyridine rings is 2. The monoisotopic (exact) mass is 425 g/mol. The van der Waals surface area contributed by atoms with Crippen molar-refractivity contribution >= 4 is 50.9 Å². The molecule has 3 rings (SSSR count). The number of anilines is 1. The minimum absolute atomic E-state index is 0.111. The third-order valence-electron chi connectivity index (χ3n) is 3.39. The molecule has 2 aromatic heterocycles. The molecule has 3 aromatic rings. The van der Waals surface area contributed by atoms with E-state index in [1.54, 1.807) is 12.3 Å². The average molecular weight is 426 g/mol. The van der Waals surface area contributed by atoms with Crippen LogP contribution in [-0.4, -0.2) is 9.97 Å². The first-order valence-corrected chi connectivity index (χ1v) is 8.19. The molecule has 0 amide bonds. The number of rotatable bonds is 3. The Bertz CT molecular complexity index is 894. The molecule has 0 bridgehead atoms. The summed E-state index contributed by atoms with van der Waals surface area (Å²) in [5.74, 6) is 0.741. The van der Waals surface area contributed by atoms with Gasteiger partial charge in [-0.1, -0.05) is 11.6 Å². The van der Waals surface area contributed by atoms with E-state index in [0.717, 1.165) is 20.3 Å². The Kier molecular flexibility index (Phi) is 4.35. The molecule has 0 aliphatic heterocycles. The molecular weight excluding hydrogens is 413 g/mol. The molecule has 0 unspecified atom stereocenters. The summed E-state index contributed by atoms with van der Waals surface area (Å²) in [7, 11) is 0. The van der Waals surface area contributed by atoms with Crippen LogP contribution < -0.4 is 10.9 Å². The summed E-state index contributed by atoms with van der Waals surface area (Å²) < 4.78 is 1.08. The summed E-state index contributed by atoms with van der Waals surface area (Å²) in [5, 5.41) is 4.80. The fourth-order valence-corrected chi connectivity index (χ4v) is 2.94. The van der Waals surface area contributed by atoms with Gasteiger partial charge in [0.25, 0.3) is 5.56 Å². The highest BCUT2D eigenvalue weighted by Crippen LogP contribution is 2.21. The lowest BCUT2D eigenvalue weighted by Crippen LogP contribution is -2.19. The molecule has 112 valence electrons. The molecular formula is C16H13ClIN3O. The van der Waals surface area contributed by atoms with E-state index in [2.05, 4.69) is 37.9 Å². The number of hydrogen-bond acceptors (Lipinski definition) is 3. The highest BCUT2D eigenvalue weighted by Gasteiger charge is 2.12. The Morgan fingerprint density at radius 3 is 2.86 bits per heavy atom. The number of fused-ring (bicyclic) bond motifs is 1. The Balaban J connectivity index is 1.98. The number of H-pyrrole nitrogens is 1. The third kappa shape index (κ3) is 3.25. The maximum absolute atomic E-state index is 12.3. The van der Waals surface area contributed by atoms with Crippen LogP contribution in [0.2, 0.25) is 5.02 Å². The van der Waals surface area contributed by atoms with Crippen molar-refractivity contribution < 1.29 is 0 Å². The average Bonchev–Trinajstić information content (AvgIpc) is 2.47. The second-order valence-corrected chi connectivity index (χ2v) is 6.69. The molecule has 0 saturated carbocycles. The van der Waals surface area contributed by atoms with Gasteiger partial charge >= 0.3 is 0 Å². The van der Waals surface area contributed by atoms with Crippen LogP contribution in [0.1, 0.15) is 18.5 Å². The predicted octanol–water partition coefficient (Wildman–Crippen LogP) is 4.35. The summed E-state index contributed by atoms with van der Waals surface area (Å²) in [6.45, 7) is 1.93. The van der Waals surface area contributed by atoms with Crippen molar-refractivity contribution in [1.82, 2.24) is 9.97 Å². The normalized spacial score (nSPS) is 12.3. The molecule has 0 spiro atoms. The van der Waals surface area contributed by atoms with Crippen LogP contribution in [0.4, 0.5) is 5.82 Å². The molecule has 0 aliphatic rings. The summed E-state index contributed by atoms with van der Waals surface area (Å²) in [5.41, 5.74) is 1.31. The molecule has 1 aromatic carbocycles. The summed E-state index contributed by atoms with van der Waals surface area (Å²) >= 11 is 8.25. The maximum Gasteiger partial charge on any atom is 0.253 e. The first-order valence-electron chi connectivity index (χ1n) is 6.73. The van der Waals surface area contributed by atoms with Crippen LogP contribution in [-0.2, 0) is 0 Å². The number of halogens is 2. The van der Waals surface area contributed by atoms with E-state index in [9.17, 15) is 4.79 Å². The van der Waals surface area contributed by atoms with Crippen molar-refractivity contribution in [1.29, 1.82) is 0 Å². The Hall–Kier alpha value is -1.60. The van der Waals surface area contributed by atoms with E-state index in [0.29, 0.717) is 10.6 Å². The largest absolute Gasteiger partial charge is 0.363 e. The molecule has 22 heavy (non-hydrogen) atoms. The van der Waals surface area contributed by atoms with Crippen LogP contribution >= 0.6 is 34.2 Å². The van der Waals surface area contributed by atoms with Gasteiger partial charge in [-0.05, 0) is 65.9 Å². The van der Waals surface area contributed by atoms with Gasteiger partial charge in [0.1, 0.15) is 5.82 Å². The van der Waals surface area contributed by atoms with Crippen LogP contribution in [0, 0.1) is 3.57 Å². The molecule has 0 saturated heterocycles. The number of nitrogens with one attached hydrogen (secondary N) is 2. The molecule has 1 atom stereocenters. The van der Waals surface area contributed by atoms with Crippen LogP contribution in [0.15, 0.2) is 47.4 Å². The first kappa shape index (κ1) is 15.3. The Labute approximate surface area is 146 Å². The van der Waals surface area contributed by atoms with Crippen LogP contribution in [0.3, 0.4) is 0 Å². The smallest absolute Gasteiger partial charge is 0.253 e. The van der Waals surface area contributed by atoms with Crippen LogP contribution in [0.5, 0.6) is 0 Å². The van der Waals surface area contributed by atoms with Gasteiger partial charge in [-0.2, -0.15) is 0 Å².